The minimum atomic E-state index is -0.985. The second-order valence-corrected chi connectivity index (χ2v) is 5.02. The van der Waals surface area contributed by atoms with Gasteiger partial charge in [-0.2, -0.15) is 4.89 Å². The predicted octanol–water partition coefficient (Wildman–Crippen LogP) is 2.94. The number of allylic oxidation sites excluding steroid dienone is 2. The Balaban J connectivity index is 2.07. The molecule has 0 radical (unpaired) electrons. The van der Waals surface area contributed by atoms with Crippen LogP contribution in [0.4, 0.5) is 10.5 Å². The molecule has 0 aromatic heterocycles. The van der Waals surface area contributed by atoms with E-state index in [1.807, 2.05) is 0 Å². The average Bonchev–Trinajstić information content (AvgIpc) is 2.68. The topological polar surface area (TPSA) is 150 Å². The van der Waals surface area contributed by atoms with E-state index >= 15 is 0 Å². The number of nitro benzene ring substituents is 1. The van der Waals surface area contributed by atoms with Crippen LogP contribution in [0.1, 0.15) is 0 Å². The van der Waals surface area contributed by atoms with Gasteiger partial charge in [-0.25, -0.2) is 4.79 Å². The molecule has 1 aromatic rings. The Hall–Kier alpha value is -3.77. The highest BCUT2D eigenvalue weighted by Crippen LogP contribution is 2.17. The third-order valence-corrected chi connectivity index (χ3v) is 2.87. The molecular formula is C17H18N2O10. The van der Waals surface area contributed by atoms with Crippen LogP contribution in [0.25, 0.3) is 0 Å². The van der Waals surface area contributed by atoms with E-state index in [1.165, 1.54) is 30.3 Å². The van der Waals surface area contributed by atoms with Gasteiger partial charge in [0, 0.05) is 18.2 Å². The molecule has 1 aromatic carbocycles. The van der Waals surface area contributed by atoms with E-state index in [2.05, 4.69) is 13.2 Å². The monoisotopic (exact) mass is 410 g/mol. The van der Waals surface area contributed by atoms with Gasteiger partial charge in [-0.05, 0) is 24.8 Å². The number of nitrogens with zero attached hydrogens (tertiary/aromatic N) is 2. The highest BCUT2D eigenvalue weighted by atomic mass is 17.2. The average molecular weight is 410 g/mol. The lowest BCUT2D eigenvalue weighted by Gasteiger charge is -2.07. The summed E-state index contributed by atoms with van der Waals surface area (Å²) in [7, 11) is 0. The standard InChI is InChI=1S/C17H18N2O10/c1-13(18(21)22)3-4-14(2)29-27-12-10-25-9-11-26-17(20)28-16-7-5-15(6-8-16)19(23)24/h3-8H,1-2,9-12H2/b4-3+. The quantitative estimate of drug-likeness (QED) is 0.0694. The molecule has 0 heterocycles. The molecule has 0 aliphatic heterocycles. The number of rotatable bonds is 13. The Kier molecular flexibility index (Phi) is 10.1. The van der Waals surface area contributed by atoms with E-state index in [0.29, 0.717) is 0 Å². The van der Waals surface area contributed by atoms with Crippen LogP contribution in [0.15, 0.2) is 61.0 Å². The number of hydrogen-bond acceptors (Lipinski definition) is 10. The Labute approximate surface area is 164 Å². The van der Waals surface area contributed by atoms with E-state index in [0.717, 1.165) is 6.08 Å². The van der Waals surface area contributed by atoms with E-state index < -0.39 is 16.0 Å². The summed E-state index contributed by atoms with van der Waals surface area (Å²) in [5.74, 6) is 0.133. The number of nitro groups is 2. The van der Waals surface area contributed by atoms with E-state index in [-0.39, 0.29) is 49.3 Å². The second kappa shape index (κ2) is 12.6. The zero-order valence-electron chi connectivity index (χ0n) is 15.2. The van der Waals surface area contributed by atoms with Gasteiger partial charge in [-0.1, -0.05) is 6.58 Å². The summed E-state index contributed by atoms with van der Waals surface area (Å²) < 4.78 is 14.7. The van der Waals surface area contributed by atoms with Gasteiger partial charge < -0.3 is 19.1 Å². The predicted molar refractivity (Wildman–Crippen MR) is 97.3 cm³/mol. The lowest BCUT2D eigenvalue weighted by atomic mass is 10.3. The van der Waals surface area contributed by atoms with Gasteiger partial charge in [0.25, 0.3) is 11.4 Å². The van der Waals surface area contributed by atoms with Crippen LogP contribution in [-0.2, 0) is 19.2 Å². The molecule has 0 aliphatic carbocycles. The summed E-state index contributed by atoms with van der Waals surface area (Å²) in [4.78, 5) is 40.6. The zero-order chi connectivity index (χ0) is 21.6. The van der Waals surface area contributed by atoms with Gasteiger partial charge in [0.05, 0.1) is 23.1 Å². The molecule has 0 bridgehead atoms. The molecule has 29 heavy (non-hydrogen) atoms. The van der Waals surface area contributed by atoms with E-state index in [9.17, 15) is 25.0 Å². The lowest BCUT2D eigenvalue weighted by molar-refractivity contribution is -0.418. The number of hydrogen-bond donors (Lipinski definition) is 0. The van der Waals surface area contributed by atoms with Crippen LogP contribution >= 0.6 is 0 Å². The summed E-state index contributed by atoms with van der Waals surface area (Å²) in [6, 6.07) is 4.92. The van der Waals surface area contributed by atoms with Gasteiger partial charge in [-0.15, -0.1) is 0 Å². The fraction of sp³-hybridized carbons (Fsp3) is 0.235. The molecule has 0 fully saturated rings. The maximum Gasteiger partial charge on any atom is 0.513 e. The molecule has 156 valence electrons. The first-order valence-corrected chi connectivity index (χ1v) is 7.96. The molecule has 0 spiro atoms. The van der Waals surface area contributed by atoms with Crippen molar-refractivity contribution in [3.8, 4) is 5.75 Å². The van der Waals surface area contributed by atoms with Crippen LogP contribution in [0.3, 0.4) is 0 Å². The summed E-state index contributed by atoms with van der Waals surface area (Å²) in [5.41, 5.74) is -0.461. The van der Waals surface area contributed by atoms with Crippen molar-refractivity contribution in [2.24, 2.45) is 0 Å². The van der Waals surface area contributed by atoms with Crippen LogP contribution < -0.4 is 4.74 Å². The Morgan fingerprint density at radius 2 is 1.66 bits per heavy atom. The van der Waals surface area contributed by atoms with Crippen molar-refractivity contribution in [1.29, 1.82) is 0 Å². The maximum absolute atomic E-state index is 11.4. The number of ether oxygens (including phenoxy) is 3. The molecule has 0 atom stereocenters. The van der Waals surface area contributed by atoms with Gasteiger partial charge >= 0.3 is 6.16 Å². The van der Waals surface area contributed by atoms with Crippen molar-refractivity contribution in [2.75, 3.05) is 26.4 Å². The minimum absolute atomic E-state index is 0.0241. The highest BCUT2D eigenvalue weighted by Gasteiger charge is 2.09. The molecule has 0 amide bonds. The first-order chi connectivity index (χ1) is 13.8. The van der Waals surface area contributed by atoms with Crippen LogP contribution in [-0.4, -0.2) is 42.4 Å². The van der Waals surface area contributed by atoms with Gasteiger partial charge in [-0.3, -0.25) is 20.2 Å². The minimum Gasteiger partial charge on any atom is -0.432 e. The van der Waals surface area contributed by atoms with Crippen LogP contribution in [0, 0.1) is 20.2 Å². The van der Waals surface area contributed by atoms with Gasteiger partial charge in [0.15, 0.2) is 5.76 Å². The number of carbonyl (C=O) groups excluding carboxylic acids is 1. The molecular weight excluding hydrogens is 392 g/mol. The summed E-state index contributed by atoms with van der Waals surface area (Å²) in [5, 5.41) is 20.9. The van der Waals surface area contributed by atoms with Crippen molar-refractivity contribution in [3.05, 3.63) is 81.3 Å². The second-order valence-electron chi connectivity index (χ2n) is 5.02. The fourth-order valence-corrected chi connectivity index (χ4v) is 1.54. The van der Waals surface area contributed by atoms with Crippen molar-refractivity contribution in [3.63, 3.8) is 0 Å². The number of carbonyl (C=O) groups is 1. The Morgan fingerprint density at radius 1 is 1.00 bits per heavy atom. The lowest BCUT2D eigenvalue weighted by Crippen LogP contribution is -2.15. The molecule has 0 saturated carbocycles. The molecule has 0 aliphatic rings. The third kappa shape index (κ3) is 10.2. The fourth-order valence-electron chi connectivity index (χ4n) is 1.54. The summed E-state index contributed by atoms with van der Waals surface area (Å²) >= 11 is 0. The number of benzene rings is 1. The van der Waals surface area contributed by atoms with Gasteiger partial charge in [0.1, 0.15) is 19.0 Å². The first-order valence-electron chi connectivity index (χ1n) is 7.96. The van der Waals surface area contributed by atoms with Crippen LogP contribution in [0.2, 0.25) is 0 Å². The third-order valence-electron chi connectivity index (χ3n) is 2.87. The molecule has 0 saturated heterocycles. The SMILES string of the molecule is C=C(/C=C/C(=C)[N+](=O)[O-])OOCCOCCOC(=O)Oc1ccc([N+](=O)[O-])cc1. The molecule has 12 nitrogen and oxygen atoms in total. The Morgan fingerprint density at radius 3 is 2.28 bits per heavy atom. The molecule has 1 rings (SSSR count). The van der Waals surface area contributed by atoms with E-state index in [4.69, 9.17) is 24.0 Å². The molecule has 0 N–H and O–H groups in total. The van der Waals surface area contributed by atoms with Crippen molar-refractivity contribution < 1.29 is 38.6 Å². The van der Waals surface area contributed by atoms with Crippen LogP contribution in [0.5, 0.6) is 5.75 Å². The maximum atomic E-state index is 11.4. The van der Waals surface area contributed by atoms with Gasteiger partial charge in [0.2, 0.25) is 0 Å². The van der Waals surface area contributed by atoms with Crippen molar-refractivity contribution in [1.82, 2.24) is 0 Å². The smallest absolute Gasteiger partial charge is 0.432 e. The Bertz CT molecular complexity index is 773. The van der Waals surface area contributed by atoms with Crippen molar-refractivity contribution >= 4 is 11.8 Å². The zero-order valence-corrected chi connectivity index (χ0v) is 15.2. The highest BCUT2D eigenvalue weighted by molar-refractivity contribution is 5.63. The molecule has 12 heteroatoms. The summed E-state index contributed by atoms with van der Waals surface area (Å²) in [6.45, 7) is 6.75. The normalized spacial score (nSPS) is 10.3. The van der Waals surface area contributed by atoms with Crippen molar-refractivity contribution in [2.45, 2.75) is 0 Å². The number of non-ortho nitro benzene ring substituents is 1. The largest absolute Gasteiger partial charge is 0.513 e. The molecule has 0 unspecified atom stereocenters. The van der Waals surface area contributed by atoms with E-state index in [1.54, 1.807) is 0 Å². The summed E-state index contributed by atoms with van der Waals surface area (Å²) in [6.07, 6.45) is 1.34. The first kappa shape index (κ1) is 23.3.